The Labute approximate surface area is 156 Å². The minimum absolute atomic E-state index is 0.0225. The SMILES string of the molecule is COCCCOc1cc(OC)cc(C(=O)N(C(C)C)C2CCCNC2)c1. The van der Waals surface area contributed by atoms with Crippen LogP contribution in [0.15, 0.2) is 18.2 Å². The molecule has 6 heteroatoms. The van der Waals surface area contributed by atoms with Crippen molar-refractivity contribution in [2.75, 3.05) is 40.5 Å². The van der Waals surface area contributed by atoms with E-state index in [1.54, 1.807) is 20.3 Å². The van der Waals surface area contributed by atoms with Crippen LogP contribution in [-0.2, 0) is 4.74 Å². The van der Waals surface area contributed by atoms with Gasteiger partial charge in [0.2, 0.25) is 0 Å². The second-order valence-electron chi connectivity index (χ2n) is 6.90. The van der Waals surface area contributed by atoms with E-state index >= 15 is 0 Å². The Morgan fingerprint density at radius 3 is 2.62 bits per heavy atom. The van der Waals surface area contributed by atoms with Crippen molar-refractivity contribution in [3.8, 4) is 11.5 Å². The van der Waals surface area contributed by atoms with E-state index in [0.29, 0.717) is 30.3 Å². The molecule has 1 heterocycles. The van der Waals surface area contributed by atoms with Gasteiger partial charge in [0.25, 0.3) is 5.91 Å². The zero-order valence-corrected chi connectivity index (χ0v) is 16.4. The molecule has 0 aromatic heterocycles. The summed E-state index contributed by atoms with van der Waals surface area (Å²) in [5, 5.41) is 3.40. The van der Waals surface area contributed by atoms with Crippen molar-refractivity contribution < 1.29 is 19.0 Å². The first-order valence-corrected chi connectivity index (χ1v) is 9.41. The molecule has 146 valence electrons. The van der Waals surface area contributed by atoms with E-state index in [-0.39, 0.29) is 18.0 Å². The van der Waals surface area contributed by atoms with Crippen LogP contribution in [0.1, 0.15) is 43.5 Å². The van der Waals surface area contributed by atoms with Gasteiger partial charge >= 0.3 is 0 Å². The molecule has 1 fully saturated rings. The van der Waals surface area contributed by atoms with Crippen LogP contribution in [0.3, 0.4) is 0 Å². The van der Waals surface area contributed by atoms with Gasteiger partial charge in [0.05, 0.1) is 13.7 Å². The number of nitrogens with one attached hydrogen (secondary N) is 1. The van der Waals surface area contributed by atoms with E-state index in [2.05, 4.69) is 19.2 Å². The molecule has 0 bridgehead atoms. The maximum absolute atomic E-state index is 13.2. The lowest BCUT2D eigenvalue weighted by molar-refractivity contribution is 0.0572. The van der Waals surface area contributed by atoms with Crippen molar-refractivity contribution in [2.24, 2.45) is 0 Å². The summed E-state index contributed by atoms with van der Waals surface area (Å²) in [4.78, 5) is 15.2. The molecule has 0 radical (unpaired) electrons. The molecule has 0 spiro atoms. The van der Waals surface area contributed by atoms with Crippen LogP contribution < -0.4 is 14.8 Å². The predicted octanol–water partition coefficient (Wildman–Crippen LogP) is 2.71. The van der Waals surface area contributed by atoms with Gasteiger partial charge < -0.3 is 24.4 Å². The average molecular weight is 364 g/mol. The molecule has 1 aliphatic rings. The van der Waals surface area contributed by atoms with Gasteiger partial charge in [0.1, 0.15) is 11.5 Å². The van der Waals surface area contributed by atoms with Crippen molar-refractivity contribution in [1.29, 1.82) is 0 Å². The van der Waals surface area contributed by atoms with Gasteiger partial charge in [-0.05, 0) is 45.4 Å². The van der Waals surface area contributed by atoms with Crippen LogP contribution in [0.5, 0.6) is 11.5 Å². The van der Waals surface area contributed by atoms with Crippen LogP contribution in [0, 0.1) is 0 Å². The summed E-state index contributed by atoms with van der Waals surface area (Å²) in [6.07, 6.45) is 2.91. The summed E-state index contributed by atoms with van der Waals surface area (Å²) in [7, 11) is 3.27. The summed E-state index contributed by atoms with van der Waals surface area (Å²) >= 11 is 0. The number of carbonyl (C=O) groups is 1. The molecule has 0 saturated carbocycles. The third-order valence-electron chi connectivity index (χ3n) is 4.58. The zero-order chi connectivity index (χ0) is 18.9. The Bertz CT molecular complexity index is 571. The van der Waals surface area contributed by atoms with Crippen molar-refractivity contribution >= 4 is 5.91 Å². The molecule has 1 unspecified atom stereocenters. The highest BCUT2D eigenvalue weighted by molar-refractivity contribution is 5.95. The predicted molar refractivity (Wildman–Crippen MR) is 102 cm³/mol. The molecule has 1 atom stereocenters. The fourth-order valence-electron chi connectivity index (χ4n) is 3.33. The monoisotopic (exact) mass is 364 g/mol. The Kier molecular flexibility index (Phi) is 8.19. The molecular formula is C20H32N2O4. The third kappa shape index (κ3) is 5.61. The minimum atomic E-state index is 0.0225. The molecule has 1 aromatic rings. The maximum atomic E-state index is 13.2. The fraction of sp³-hybridized carbons (Fsp3) is 0.650. The first-order chi connectivity index (χ1) is 12.6. The number of hydrogen-bond donors (Lipinski definition) is 1. The molecular weight excluding hydrogens is 332 g/mol. The maximum Gasteiger partial charge on any atom is 0.254 e. The van der Waals surface area contributed by atoms with E-state index in [4.69, 9.17) is 14.2 Å². The topological polar surface area (TPSA) is 60.0 Å². The first kappa shape index (κ1) is 20.5. The number of piperidine rings is 1. The second-order valence-corrected chi connectivity index (χ2v) is 6.90. The van der Waals surface area contributed by atoms with Crippen LogP contribution in [0.4, 0.5) is 0 Å². The average Bonchev–Trinajstić information content (AvgIpc) is 2.65. The molecule has 26 heavy (non-hydrogen) atoms. The fourth-order valence-corrected chi connectivity index (χ4v) is 3.33. The molecule has 1 saturated heterocycles. The standard InChI is InChI=1S/C20H32N2O4/c1-15(2)22(17-7-5-8-21-14-17)20(23)16-11-18(25-4)13-19(12-16)26-10-6-9-24-3/h11-13,15,17,21H,5-10,14H2,1-4H3. The zero-order valence-electron chi connectivity index (χ0n) is 16.4. The van der Waals surface area contributed by atoms with Gasteiger partial charge in [-0.1, -0.05) is 0 Å². The first-order valence-electron chi connectivity index (χ1n) is 9.41. The number of rotatable bonds is 9. The Balaban J connectivity index is 2.18. The highest BCUT2D eigenvalue weighted by Crippen LogP contribution is 2.26. The number of amides is 1. The molecule has 1 aromatic carbocycles. The normalized spacial score (nSPS) is 17.2. The van der Waals surface area contributed by atoms with Crippen molar-refractivity contribution in [2.45, 2.75) is 45.2 Å². The smallest absolute Gasteiger partial charge is 0.254 e. The van der Waals surface area contributed by atoms with Gasteiger partial charge in [-0.15, -0.1) is 0 Å². The number of hydrogen-bond acceptors (Lipinski definition) is 5. The Morgan fingerprint density at radius 1 is 1.23 bits per heavy atom. The Hall–Kier alpha value is -1.79. The van der Waals surface area contributed by atoms with Gasteiger partial charge in [-0.25, -0.2) is 0 Å². The van der Waals surface area contributed by atoms with Gasteiger partial charge in [-0.2, -0.15) is 0 Å². The lowest BCUT2D eigenvalue weighted by atomic mass is 10.0. The lowest BCUT2D eigenvalue weighted by Gasteiger charge is -2.37. The highest BCUT2D eigenvalue weighted by atomic mass is 16.5. The van der Waals surface area contributed by atoms with Crippen LogP contribution in [0.25, 0.3) is 0 Å². The summed E-state index contributed by atoms with van der Waals surface area (Å²) in [6.45, 7) is 7.17. The quantitative estimate of drug-likeness (QED) is 0.683. The lowest BCUT2D eigenvalue weighted by Crippen LogP contribution is -2.51. The summed E-state index contributed by atoms with van der Waals surface area (Å²) < 4.78 is 16.2. The molecule has 0 aliphatic carbocycles. The van der Waals surface area contributed by atoms with Crippen molar-refractivity contribution in [1.82, 2.24) is 10.2 Å². The van der Waals surface area contributed by atoms with E-state index in [1.165, 1.54) is 0 Å². The van der Waals surface area contributed by atoms with Gasteiger partial charge in [-0.3, -0.25) is 4.79 Å². The van der Waals surface area contributed by atoms with E-state index in [0.717, 1.165) is 32.4 Å². The Morgan fingerprint density at radius 2 is 2.00 bits per heavy atom. The van der Waals surface area contributed by atoms with Crippen molar-refractivity contribution in [3.05, 3.63) is 23.8 Å². The van der Waals surface area contributed by atoms with Gasteiger partial charge in [0, 0.05) is 50.4 Å². The number of ether oxygens (including phenoxy) is 3. The van der Waals surface area contributed by atoms with Crippen LogP contribution >= 0.6 is 0 Å². The summed E-state index contributed by atoms with van der Waals surface area (Å²) in [5.41, 5.74) is 0.602. The van der Waals surface area contributed by atoms with Crippen LogP contribution in [0.2, 0.25) is 0 Å². The summed E-state index contributed by atoms with van der Waals surface area (Å²) in [6, 6.07) is 5.75. The van der Waals surface area contributed by atoms with E-state index in [9.17, 15) is 4.79 Å². The third-order valence-corrected chi connectivity index (χ3v) is 4.58. The number of nitrogens with zero attached hydrogens (tertiary/aromatic N) is 1. The number of benzene rings is 1. The second kappa shape index (κ2) is 10.4. The molecule has 1 aliphatic heterocycles. The molecule has 2 rings (SSSR count). The summed E-state index contributed by atoms with van der Waals surface area (Å²) in [5.74, 6) is 1.30. The van der Waals surface area contributed by atoms with Crippen LogP contribution in [-0.4, -0.2) is 63.4 Å². The molecule has 6 nitrogen and oxygen atoms in total. The largest absolute Gasteiger partial charge is 0.497 e. The van der Waals surface area contributed by atoms with E-state index in [1.807, 2.05) is 17.0 Å². The number of carbonyl (C=O) groups excluding carboxylic acids is 1. The molecule has 1 amide bonds. The molecule has 1 N–H and O–H groups in total. The van der Waals surface area contributed by atoms with Gasteiger partial charge in [0.15, 0.2) is 0 Å². The minimum Gasteiger partial charge on any atom is -0.497 e. The number of methoxy groups -OCH3 is 2. The van der Waals surface area contributed by atoms with E-state index < -0.39 is 0 Å². The highest BCUT2D eigenvalue weighted by Gasteiger charge is 2.28. The van der Waals surface area contributed by atoms with Crippen molar-refractivity contribution in [3.63, 3.8) is 0 Å².